The first-order chi connectivity index (χ1) is 9.58. The number of alkyl halides is 5. The number of aliphatic hydroxyl groups excluding tert-OH is 1. The molecule has 0 saturated carbocycles. The number of halogens is 5. The van der Waals surface area contributed by atoms with Crippen LogP contribution in [0.3, 0.4) is 0 Å². The van der Waals surface area contributed by atoms with Crippen molar-refractivity contribution in [1.29, 1.82) is 0 Å². The molecule has 0 aromatic heterocycles. The molecule has 1 aromatic rings. The number of carbonyl (C=O) groups is 1. The van der Waals surface area contributed by atoms with Gasteiger partial charge in [-0.05, 0) is 24.6 Å². The Morgan fingerprint density at radius 2 is 1.90 bits per heavy atom. The molecular weight excluding hydrogens is 299 g/mol. The number of carbonyl (C=O) groups excluding carboxylic acids is 1. The number of rotatable bonds is 5. The smallest absolute Gasteiger partial charge is 0.453 e. The fourth-order valence-electron chi connectivity index (χ4n) is 1.56. The van der Waals surface area contributed by atoms with Crippen molar-refractivity contribution in [2.24, 2.45) is 0 Å². The Morgan fingerprint density at radius 3 is 2.43 bits per heavy atom. The highest BCUT2D eigenvalue weighted by Crippen LogP contribution is 2.41. The van der Waals surface area contributed by atoms with Crippen LogP contribution in [0.4, 0.5) is 22.0 Å². The Balaban J connectivity index is 2.91. The topological polar surface area (TPSA) is 46.5 Å². The molecule has 0 aliphatic rings. The van der Waals surface area contributed by atoms with Crippen LogP contribution in [0.5, 0.6) is 0 Å². The first kappa shape index (κ1) is 17.4. The molecular formula is C13H13F5O3. The van der Waals surface area contributed by atoms with E-state index in [-0.39, 0.29) is 17.7 Å². The van der Waals surface area contributed by atoms with Crippen LogP contribution < -0.4 is 0 Å². The molecule has 1 rings (SSSR count). The van der Waals surface area contributed by atoms with Crippen molar-refractivity contribution < 1.29 is 36.6 Å². The number of ether oxygens (including phenoxy) is 1. The van der Waals surface area contributed by atoms with Crippen LogP contribution in [0.2, 0.25) is 0 Å². The van der Waals surface area contributed by atoms with Gasteiger partial charge in [-0.2, -0.15) is 22.0 Å². The average Bonchev–Trinajstić information content (AvgIpc) is 2.37. The molecule has 21 heavy (non-hydrogen) atoms. The Labute approximate surface area is 117 Å². The van der Waals surface area contributed by atoms with E-state index in [1.807, 2.05) is 0 Å². The van der Waals surface area contributed by atoms with Gasteiger partial charge in [0.1, 0.15) is 0 Å². The number of benzene rings is 1. The van der Waals surface area contributed by atoms with Crippen LogP contribution >= 0.6 is 0 Å². The maximum atomic E-state index is 12.9. The lowest BCUT2D eigenvalue weighted by molar-refractivity contribution is -0.290. The van der Waals surface area contributed by atoms with Crippen molar-refractivity contribution in [2.75, 3.05) is 6.61 Å². The van der Waals surface area contributed by atoms with E-state index in [0.717, 1.165) is 12.1 Å². The maximum Gasteiger partial charge on any atom is 0.453 e. The highest BCUT2D eigenvalue weighted by molar-refractivity contribution is 5.89. The molecule has 0 bridgehead atoms. The van der Waals surface area contributed by atoms with Gasteiger partial charge < -0.3 is 9.84 Å². The van der Waals surface area contributed by atoms with E-state index in [4.69, 9.17) is 0 Å². The van der Waals surface area contributed by atoms with Crippen molar-refractivity contribution in [1.82, 2.24) is 0 Å². The van der Waals surface area contributed by atoms with E-state index < -0.39 is 30.6 Å². The third kappa shape index (κ3) is 4.38. The van der Waals surface area contributed by atoms with Crippen molar-refractivity contribution in [3.8, 4) is 0 Å². The van der Waals surface area contributed by atoms with Gasteiger partial charge in [-0.3, -0.25) is 0 Å². The lowest BCUT2D eigenvalue weighted by atomic mass is 10.0. The summed E-state index contributed by atoms with van der Waals surface area (Å²) in [6.07, 6.45) is -9.62. The molecule has 0 amide bonds. The minimum atomic E-state index is -5.74. The molecule has 1 unspecified atom stereocenters. The molecule has 0 fully saturated rings. The molecule has 0 aliphatic heterocycles. The van der Waals surface area contributed by atoms with Gasteiger partial charge in [-0.1, -0.05) is 12.1 Å². The first-order valence-corrected chi connectivity index (χ1v) is 5.98. The van der Waals surface area contributed by atoms with Crippen molar-refractivity contribution in [2.45, 2.75) is 31.5 Å². The zero-order valence-corrected chi connectivity index (χ0v) is 11.0. The van der Waals surface area contributed by atoms with E-state index in [2.05, 4.69) is 4.74 Å². The summed E-state index contributed by atoms with van der Waals surface area (Å²) in [6.45, 7) is 1.64. The van der Waals surface area contributed by atoms with Gasteiger partial charge in [-0.15, -0.1) is 0 Å². The van der Waals surface area contributed by atoms with Crippen LogP contribution in [0, 0.1) is 0 Å². The second kappa shape index (κ2) is 6.38. The van der Waals surface area contributed by atoms with E-state index in [1.54, 1.807) is 6.92 Å². The molecule has 8 heteroatoms. The number of aliphatic hydroxyl groups is 1. The number of esters is 1. The summed E-state index contributed by atoms with van der Waals surface area (Å²) in [5.41, 5.74) is -0.256. The molecule has 118 valence electrons. The van der Waals surface area contributed by atoms with E-state index in [1.165, 1.54) is 12.1 Å². The minimum Gasteiger partial charge on any atom is -0.462 e. The summed E-state index contributed by atoms with van der Waals surface area (Å²) in [6, 6.07) is 4.74. The molecule has 0 heterocycles. The van der Waals surface area contributed by atoms with Gasteiger partial charge in [0.05, 0.1) is 24.7 Å². The Morgan fingerprint density at radius 1 is 1.29 bits per heavy atom. The summed E-state index contributed by atoms with van der Waals surface area (Å²) in [5.74, 6) is -5.78. The molecule has 1 N–H and O–H groups in total. The molecule has 3 nitrogen and oxygen atoms in total. The zero-order valence-electron chi connectivity index (χ0n) is 11.0. The second-order valence-electron chi connectivity index (χ2n) is 4.27. The lowest BCUT2D eigenvalue weighted by Crippen LogP contribution is -2.37. The van der Waals surface area contributed by atoms with Crippen molar-refractivity contribution in [3.63, 3.8) is 0 Å². The summed E-state index contributed by atoms with van der Waals surface area (Å²) in [7, 11) is 0. The van der Waals surface area contributed by atoms with Gasteiger partial charge in [0.2, 0.25) is 0 Å². The fraction of sp³-hybridized carbons (Fsp3) is 0.462. The Hall–Kier alpha value is -1.70. The quantitative estimate of drug-likeness (QED) is 0.669. The predicted molar refractivity (Wildman–Crippen MR) is 63.0 cm³/mol. The molecule has 0 saturated heterocycles. The standard InChI is InChI=1S/C13H13F5O3/c1-2-21-11(20)9-5-3-4-8(6-9)10(19)7-12(14,15)13(16,17)18/h3-6,10,19H,2,7H2,1H3. The largest absolute Gasteiger partial charge is 0.462 e. The molecule has 0 spiro atoms. The highest BCUT2D eigenvalue weighted by atomic mass is 19.4. The molecule has 0 radical (unpaired) electrons. The van der Waals surface area contributed by atoms with Gasteiger partial charge in [0.15, 0.2) is 0 Å². The van der Waals surface area contributed by atoms with E-state index in [0.29, 0.717) is 0 Å². The average molecular weight is 312 g/mol. The van der Waals surface area contributed by atoms with Crippen molar-refractivity contribution in [3.05, 3.63) is 35.4 Å². The second-order valence-corrected chi connectivity index (χ2v) is 4.27. The van der Waals surface area contributed by atoms with Gasteiger partial charge >= 0.3 is 18.1 Å². The normalized spacial score (nSPS) is 13.9. The van der Waals surface area contributed by atoms with Crippen LogP contribution in [0.15, 0.2) is 24.3 Å². The first-order valence-electron chi connectivity index (χ1n) is 5.98. The molecule has 1 atom stereocenters. The van der Waals surface area contributed by atoms with Gasteiger partial charge in [0, 0.05) is 0 Å². The third-order valence-corrected chi connectivity index (χ3v) is 2.65. The summed E-state index contributed by atoms with van der Waals surface area (Å²) < 4.78 is 66.7. The predicted octanol–water partition coefficient (Wildman–Crippen LogP) is 3.48. The Bertz CT molecular complexity index is 499. The highest BCUT2D eigenvalue weighted by Gasteiger charge is 2.58. The van der Waals surface area contributed by atoms with Crippen LogP contribution in [-0.4, -0.2) is 29.8 Å². The minimum absolute atomic E-state index is 0.0382. The third-order valence-electron chi connectivity index (χ3n) is 2.65. The SMILES string of the molecule is CCOC(=O)c1cccc(C(O)CC(F)(F)C(F)(F)F)c1. The van der Waals surface area contributed by atoms with E-state index in [9.17, 15) is 31.9 Å². The van der Waals surface area contributed by atoms with Crippen LogP contribution in [0.25, 0.3) is 0 Å². The van der Waals surface area contributed by atoms with E-state index >= 15 is 0 Å². The summed E-state index contributed by atoms with van der Waals surface area (Å²) >= 11 is 0. The molecule has 1 aromatic carbocycles. The number of hydrogen-bond donors (Lipinski definition) is 1. The molecule has 0 aliphatic carbocycles. The lowest BCUT2D eigenvalue weighted by Gasteiger charge is -2.22. The Kier molecular flexibility index (Phi) is 5.27. The maximum absolute atomic E-state index is 12.9. The fourth-order valence-corrected chi connectivity index (χ4v) is 1.56. The monoisotopic (exact) mass is 312 g/mol. The van der Waals surface area contributed by atoms with Crippen molar-refractivity contribution >= 4 is 5.97 Å². The zero-order chi connectivity index (χ0) is 16.3. The summed E-state index contributed by atoms with van der Waals surface area (Å²) in [5, 5.41) is 9.52. The van der Waals surface area contributed by atoms with Gasteiger partial charge in [-0.25, -0.2) is 4.79 Å². The number of hydrogen-bond acceptors (Lipinski definition) is 3. The van der Waals surface area contributed by atoms with Crippen LogP contribution in [-0.2, 0) is 4.74 Å². The van der Waals surface area contributed by atoms with Gasteiger partial charge in [0.25, 0.3) is 0 Å². The summed E-state index contributed by atoms with van der Waals surface area (Å²) in [4.78, 5) is 11.4. The van der Waals surface area contributed by atoms with Crippen LogP contribution in [0.1, 0.15) is 35.4 Å².